The Labute approximate surface area is 193 Å². The minimum Gasteiger partial charge on any atom is -0.688 e. The topological polar surface area (TPSA) is 37.4 Å². The average molecular weight is 470 g/mol. The smallest absolute Gasteiger partial charge is 0.688 e. The van der Waals surface area contributed by atoms with E-state index in [1.54, 1.807) is 5.92 Å². The van der Waals surface area contributed by atoms with Crippen molar-refractivity contribution in [1.82, 2.24) is 0 Å². The van der Waals surface area contributed by atoms with Gasteiger partial charge in [-0.25, -0.2) is 0 Å². The van der Waals surface area contributed by atoms with Crippen molar-refractivity contribution in [2.24, 2.45) is 11.8 Å². The molecule has 0 N–H and O–H groups in total. The predicted molar refractivity (Wildman–Crippen MR) is 129 cm³/mol. The third kappa shape index (κ3) is 6.69. The van der Waals surface area contributed by atoms with Gasteiger partial charge >= 0.3 is 17.4 Å². The van der Waals surface area contributed by atoms with Gasteiger partial charge in [0, 0.05) is 13.2 Å². The van der Waals surface area contributed by atoms with Gasteiger partial charge in [-0.2, -0.15) is 25.1 Å². The van der Waals surface area contributed by atoms with Crippen molar-refractivity contribution in [3.05, 3.63) is 46.2 Å². The van der Waals surface area contributed by atoms with Crippen molar-refractivity contribution in [1.29, 1.82) is 0 Å². The van der Waals surface area contributed by atoms with Gasteiger partial charge in [0.05, 0.1) is 0 Å². The second kappa shape index (κ2) is 11.5. The van der Waals surface area contributed by atoms with Crippen LogP contribution >= 0.6 is 0 Å². The molecule has 1 saturated carbocycles. The summed E-state index contributed by atoms with van der Waals surface area (Å²) in [4.78, 5) is 10.1. The average Bonchev–Trinajstić information content (AvgIpc) is 3.27. The molecule has 0 amide bonds. The maximum absolute atomic E-state index is 5.25. The molecule has 0 bridgehead atoms. The van der Waals surface area contributed by atoms with Crippen LogP contribution in [-0.4, -0.2) is 36.7 Å². The van der Waals surface area contributed by atoms with Crippen LogP contribution in [0, 0.1) is 17.8 Å². The Morgan fingerprint density at radius 2 is 1.38 bits per heavy atom. The Morgan fingerprint density at radius 3 is 1.79 bits per heavy atom. The van der Waals surface area contributed by atoms with Gasteiger partial charge in [0.25, 0.3) is 0 Å². The number of rotatable bonds is 5. The van der Waals surface area contributed by atoms with Crippen molar-refractivity contribution in [2.75, 3.05) is 20.3 Å². The van der Waals surface area contributed by atoms with Gasteiger partial charge in [-0.1, -0.05) is 98.7 Å². The molecule has 1 heterocycles. The first-order chi connectivity index (χ1) is 13.1. The monoisotopic (exact) mass is 469 g/mol. The molecule has 29 heavy (non-hydrogen) atoms. The molecule has 1 aromatic rings. The van der Waals surface area contributed by atoms with Gasteiger partial charge in [-0.3, -0.25) is 0 Å². The zero-order valence-corrected chi connectivity index (χ0v) is 23.0. The molecule has 3 rings (SSSR count). The number of hydrogen-bond acceptors (Lipinski definition) is 1. The van der Waals surface area contributed by atoms with E-state index in [1.807, 2.05) is 7.05 Å². The molecule has 4 unspecified atom stereocenters. The molecule has 163 valence electrons. The summed E-state index contributed by atoms with van der Waals surface area (Å²) in [6.45, 7) is 19.0. The summed E-state index contributed by atoms with van der Waals surface area (Å²) in [6, 6.07) is 10.5. The standard InChI is InChI=1S/C19H33N2Si2.C4H8O.Cr/c1-14-15(2)19(16(3)18(14)22(5,6)20-4)23(7,8)21-17-12-10-9-11-13-17;1-2-4-5-3-1;/h9-15,18-19H,1-8H3;1-4H2;/q-3;;+3. The normalized spacial score (nSPS) is 27.7. The fourth-order valence-electron chi connectivity index (χ4n) is 5.59. The van der Waals surface area contributed by atoms with Crippen LogP contribution in [0.15, 0.2) is 30.3 Å². The number of ether oxygens (including phenoxy) is 1. The van der Waals surface area contributed by atoms with Gasteiger partial charge in [-0.15, -0.1) is 5.69 Å². The Hall–Kier alpha value is -0.0938. The Bertz CT molecular complexity index is 588. The van der Waals surface area contributed by atoms with Gasteiger partial charge in [0.1, 0.15) is 0 Å². The van der Waals surface area contributed by atoms with Gasteiger partial charge in [-0.05, 0) is 12.8 Å². The van der Waals surface area contributed by atoms with Crippen LogP contribution in [0.4, 0.5) is 5.69 Å². The molecule has 2 aliphatic rings. The summed E-state index contributed by atoms with van der Waals surface area (Å²) >= 11 is 0. The SMILES string of the molecule is C1CCOC1.C[N-][Si](C)(C)C1[C-](C)C([Si](C)(C)[N-]c2ccccc2)C(C)C1C.[Cr+3]. The second-order valence-corrected chi connectivity index (χ2v) is 18.2. The first-order valence-corrected chi connectivity index (χ1v) is 17.0. The van der Waals surface area contributed by atoms with E-state index in [1.165, 1.54) is 12.8 Å². The van der Waals surface area contributed by atoms with Crippen molar-refractivity contribution in [3.63, 3.8) is 0 Å². The number of nitrogens with zero attached hydrogens (tertiary/aromatic N) is 2. The number of hydrogen-bond donors (Lipinski definition) is 0. The maximum atomic E-state index is 5.25. The molecular formula is C23H41CrN2OSi2. The summed E-state index contributed by atoms with van der Waals surface area (Å²) in [5.41, 5.74) is 2.51. The van der Waals surface area contributed by atoms with Crippen LogP contribution in [-0.2, 0) is 22.1 Å². The van der Waals surface area contributed by atoms with E-state index in [4.69, 9.17) is 14.7 Å². The summed E-state index contributed by atoms with van der Waals surface area (Å²) in [5.74, 6) is 3.13. The van der Waals surface area contributed by atoms with E-state index < -0.39 is 16.5 Å². The minimum atomic E-state index is -1.74. The molecular weight excluding hydrogens is 428 g/mol. The van der Waals surface area contributed by atoms with Crippen LogP contribution in [0.3, 0.4) is 0 Å². The van der Waals surface area contributed by atoms with Gasteiger partial charge < -0.3 is 20.6 Å². The summed E-state index contributed by atoms with van der Waals surface area (Å²) in [5, 5.41) is 0. The Morgan fingerprint density at radius 1 is 0.897 bits per heavy atom. The van der Waals surface area contributed by atoms with Crippen LogP contribution in [0.5, 0.6) is 0 Å². The molecule has 4 atom stereocenters. The Balaban J connectivity index is 0.000000610. The quantitative estimate of drug-likeness (QED) is 0.324. The molecule has 1 saturated heterocycles. The largest absolute Gasteiger partial charge is 3.00 e. The second-order valence-electron chi connectivity index (χ2n) is 9.72. The molecule has 2 fully saturated rings. The van der Waals surface area contributed by atoms with Crippen molar-refractivity contribution in [3.8, 4) is 0 Å². The third-order valence-electron chi connectivity index (χ3n) is 6.96. The summed E-state index contributed by atoms with van der Waals surface area (Å²) in [6.07, 6.45) is 2.56. The van der Waals surface area contributed by atoms with E-state index in [2.05, 4.69) is 77.3 Å². The number of benzene rings is 1. The first-order valence-electron chi connectivity index (χ1n) is 10.9. The van der Waals surface area contributed by atoms with E-state index >= 15 is 0 Å². The van der Waals surface area contributed by atoms with E-state index in [0.717, 1.165) is 24.8 Å². The molecule has 0 spiro atoms. The molecule has 1 radical (unpaired) electrons. The first kappa shape index (κ1) is 26.9. The van der Waals surface area contributed by atoms with Crippen LogP contribution in [0.2, 0.25) is 37.3 Å². The zero-order valence-electron chi connectivity index (χ0n) is 19.7. The van der Waals surface area contributed by atoms with Crippen molar-refractivity contribution in [2.45, 2.75) is 70.9 Å². The zero-order chi connectivity index (χ0) is 20.9. The molecule has 0 aromatic heterocycles. The molecule has 1 aliphatic heterocycles. The van der Waals surface area contributed by atoms with Crippen molar-refractivity contribution < 1.29 is 22.1 Å². The third-order valence-corrected chi connectivity index (χ3v) is 14.0. The molecule has 1 aliphatic carbocycles. The summed E-state index contributed by atoms with van der Waals surface area (Å²) < 4.78 is 4.94. The van der Waals surface area contributed by atoms with E-state index in [9.17, 15) is 0 Å². The van der Waals surface area contributed by atoms with Crippen LogP contribution in [0.1, 0.15) is 33.6 Å². The van der Waals surface area contributed by atoms with E-state index in [0.29, 0.717) is 17.0 Å². The predicted octanol–water partition coefficient (Wildman–Crippen LogP) is 7.52. The summed E-state index contributed by atoms with van der Waals surface area (Å²) in [7, 11) is -1.27. The molecule has 6 heteroatoms. The molecule has 3 nitrogen and oxygen atoms in total. The van der Waals surface area contributed by atoms with Gasteiger partial charge in [0.2, 0.25) is 0 Å². The minimum absolute atomic E-state index is 0. The molecule has 1 aromatic carbocycles. The maximum Gasteiger partial charge on any atom is 3.00 e. The van der Waals surface area contributed by atoms with Crippen LogP contribution in [0.25, 0.3) is 9.96 Å². The van der Waals surface area contributed by atoms with E-state index in [-0.39, 0.29) is 17.4 Å². The van der Waals surface area contributed by atoms with Crippen LogP contribution < -0.4 is 0 Å². The fourth-order valence-corrected chi connectivity index (χ4v) is 12.8. The van der Waals surface area contributed by atoms with Crippen molar-refractivity contribution >= 4 is 22.2 Å². The fraction of sp³-hybridized carbons (Fsp3) is 0.696. The van der Waals surface area contributed by atoms with Gasteiger partial charge in [0.15, 0.2) is 0 Å². The Kier molecular flexibility index (Phi) is 10.7.